The molecule has 0 spiro atoms. The van der Waals surface area contributed by atoms with E-state index in [1.165, 1.54) is 0 Å². The fourth-order valence-corrected chi connectivity index (χ4v) is 1.34. The zero-order chi connectivity index (χ0) is 12.1. The molecule has 8 heteroatoms. The van der Waals surface area contributed by atoms with E-state index in [9.17, 15) is 0 Å². The van der Waals surface area contributed by atoms with Crippen molar-refractivity contribution in [1.29, 1.82) is 0 Å². The van der Waals surface area contributed by atoms with Crippen LogP contribution in [0, 0.1) is 6.92 Å². The van der Waals surface area contributed by atoms with E-state index < -0.39 is 0 Å². The van der Waals surface area contributed by atoms with Crippen molar-refractivity contribution in [3.05, 3.63) is 23.6 Å². The van der Waals surface area contributed by atoms with Gasteiger partial charge in [-0.2, -0.15) is 4.98 Å². The van der Waals surface area contributed by atoms with E-state index in [-0.39, 0.29) is 6.61 Å². The molecule has 0 bridgehead atoms. The van der Waals surface area contributed by atoms with Crippen LogP contribution in [0.15, 0.2) is 10.7 Å². The van der Waals surface area contributed by atoms with Crippen molar-refractivity contribution < 1.29 is 9.63 Å². The number of rotatable bonds is 6. The summed E-state index contributed by atoms with van der Waals surface area (Å²) in [5.41, 5.74) is 0.801. The summed E-state index contributed by atoms with van der Waals surface area (Å²) >= 11 is 0. The highest BCUT2D eigenvalue weighted by Gasteiger charge is 2.03. The van der Waals surface area contributed by atoms with E-state index in [1.807, 2.05) is 0 Å². The zero-order valence-corrected chi connectivity index (χ0v) is 9.50. The van der Waals surface area contributed by atoms with Crippen molar-refractivity contribution in [1.82, 2.24) is 30.5 Å². The molecule has 2 N–H and O–H groups in total. The topological polar surface area (TPSA) is 102 Å². The maximum Gasteiger partial charge on any atom is 0.240 e. The van der Waals surface area contributed by atoms with Crippen molar-refractivity contribution in [2.45, 2.75) is 26.6 Å². The normalized spacial score (nSPS) is 10.9. The second-order valence-corrected chi connectivity index (χ2v) is 3.54. The van der Waals surface area contributed by atoms with E-state index in [4.69, 9.17) is 9.63 Å². The highest BCUT2D eigenvalue weighted by Crippen LogP contribution is 1.97. The van der Waals surface area contributed by atoms with E-state index >= 15 is 0 Å². The minimum Gasteiger partial charge on any atom is -0.394 e. The largest absolute Gasteiger partial charge is 0.394 e. The van der Waals surface area contributed by atoms with Gasteiger partial charge in [-0.05, 0) is 6.92 Å². The summed E-state index contributed by atoms with van der Waals surface area (Å²) in [6.07, 6.45) is 1.78. The summed E-state index contributed by atoms with van der Waals surface area (Å²) < 4.78 is 6.54. The van der Waals surface area contributed by atoms with Gasteiger partial charge in [0.2, 0.25) is 5.89 Å². The maximum atomic E-state index is 8.72. The van der Waals surface area contributed by atoms with Crippen molar-refractivity contribution in [2.24, 2.45) is 0 Å². The molecule has 2 rings (SSSR count). The monoisotopic (exact) mass is 238 g/mol. The molecule has 0 aromatic carbocycles. The molecule has 0 aliphatic heterocycles. The van der Waals surface area contributed by atoms with Crippen molar-refractivity contribution in [3.8, 4) is 0 Å². The van der Waals surface area contributed by atoms with Crippen LogP contribution in [0.2, 0.25) is 0 Å². The first-order valence-corrected chi connectivity index (χ1v) is 5.27. The summed E-state index contributed by atoms with van der Waals surface area (Å²) in [4.78, 5) is 4.06. The zero-order valence-electron chi connectivity index (χ0n) is 9.50. The number of aromatic nitrogens is 5. The molecule has 0 saturated carbocycles. The van der Waals surface area contributed by atoms with Gasteiger partial charge in [-0.1, -0.05) is 10.4 Å². The Morgan fingerprint density at radius 2 is 2.35 bits per heavy atom. The van der Waals surface area contributed by atoms with Crippen molar-refractivity contribution in [3.63, 3.8) is 0 Å². The third-order valence-electron chi connectivity index (χ3n) is 2.07. The highest BCUT2D eigenvalue weighted by atomic mass is 16.5. The fourth-order valence-electron chi connectivity index (χ4n) is 1.34. The van der Waals surface area contributed by atoms with Crippen molar-refractivity contribution in [2.75, 3.05) is 6.61 Å². The number of hydrogen-bond acceptors (Lipinski definition) is 7. The number of aliphatic hydroxyl groups is 1. The molecule has 0 atom stereocenters. The van der Waals surface area contributed by atoms with Crippen LogP contribution in [0.3, 0.4) is 0 Å². The van der Waals surface area contributed by atoms with Crippen LogP contribution in [-0.4, -0.2) is 36.8 Å². The Morgan fingerprint density at radius 3 is 3.06 bits per heavy atom. The van der Waals surface area contributed by atoms with Gasteiger partial charge in [-0.15, -0.1) is 5.10 Å². The van der Waals surface area contributed by atoms with Crippen molar-refractivity contribution >= 4 is 0 Å². The van der Waals surface area contributed by atoms with E-state index in [1.54, 1.807) is 17.8 Å². The van der Waals surface area contributed by atoms with Crippen LogP contribution >= 0.6 is 0 Å². The van der Waals surface area contributed by atoms with Crippen LogP contribution in [0.25, 0.3) is 0 Å². The SMILES string of the molecule is Cc1noc(CNCc2cn(CCO)nn2)n1. The van der Waals surface area contributed by atoms with Crippen LogP contribution in [-0.2, 0) is 19.6 Å². The number of aliphatic hydroxyl groups excluding tert-OH is 1. The summed E-state index contributed by atoms with van der Waals surface area (Å²) in [7, 11) is 0. The first-order chi connectivity index (χ1) is 8.28. The molecular weight excluding hydrogens is 224 g/mol. The molecule has 0 amide bonds. The lowest BCUT2D eigenvalue weighted by Gasteiger charge is -1.96. The molecular formula is C9H14N6O2. The minimum atomic E-state index is 0.0531. The predicted octanol–water partition coefficient (Wildman–Crippen LogP) is -0.748. The Bertz CT molecular complexity index is 466. The first-order valence-electron chi connectivity index (χ1n) is 5.27. The molecule has 0 saturated heterocycles. The number of nitrogens with zero attached hydrogens (tertiary/aromatic N) is 5. The maximum absolute atomic E-state index is 8.72. The molecule has 8 nitrogen and oxygen atoms in total. The van der Waals surface area contributed by atoms with E-state index in [2.05, 4.69) is 25.8 Å². The Labute approximate surface area is 97.6 Å². The minimum absolute atomic E-state index is 0.0531. The Morgan fingerprint density at radius 1 is 1.47 bits per heavy atom. The average Bonchev–Trinajstić information content (AvgIpc) is 2.89. The predicted molar refractivity (Wildman–Crippen MR) is 56.7 cm³/mol. The second kappa shape index (κ2) is 5.51. The quantitative estimate of drug-likeness (QED) is 0.682. The summed E-state index contributed by atoms with van der Waals surface area (Å²) in [5.74, 6) is 1.17. The molecule has 0 aliphatic carbocycles. The van der Waals surface area contributed by atoms with Crippen LogP contribution in [0.4, 0.5) is 0 Å². The van der Waals surface area contributed by atoms with Gasteiger partial charge in [0.1, 0.15) is 0 Å². The van der Waals surface area contributed by atoms with Gasteiger partial charge >= 0.3 is 0 Å². The van der Waals surface area contributed by atoms with Crippen LogP contribution < -0.4 is 5.32 Å². The van der Waals surface area contributed by atoms with E-state index in [0.29, 0.717) is 31.3 Å². The summed E-state index contributed by atoms with van der Waals surface area (Å²) in [6.45, 7) is 3.33. The molecule has 0 aliphatic rings. The van der Waals surface area contributed by atoms with Gasteiger partial charge in [0.15, 0.2) is 5.82 Å². The van der Waals surface area contributed by atoms with Gasteiger partial charge in [0.05, 0.1) is 25.4 Å². The standard InChI is InChI=1S/C9H14N6O2/c1-7-11-9(17-13-7)5-10-4-8-6-15(2-3-16)14-12-8/h6,10,16H,2-5H2,1H3. The number of hydrogen-bond donors (Lipinski definition) is 2. The van der Waals surface area contributed by atoms with Gasteiger partial charge in [-0.3, -0.25) is 0 Å². The highest BCUT2D eigenvalue weighted by molar-refractivity contribution is 4.92. The van der Waals surface area contributed by atoms with Crippen LogP contribution in [0.5, 0.6) is 0 Å². The molecule has 17 heavy (non-hydrogen) atoms. The van der Waals surface area contributed by atoms with E-state index in [0.717, 1.165) is 5.69 Å². The molecule has 92 valence electrons. The average molecular weight is 238 g/mol. The lowest BCUT2D eigenvalue weighted by molar-refractivity contribution is 0.268. The summed E-state index contributed by atoms with van der Waals surface area (Å²) in [5, 5.41) is 23.3. The lowest BCUT2D eigenvalue weighted by Crippen LogP contribution is -2.13. The van der Waals surface area contributed by atoms with Gasteiger partial charge < -0.3 is 14.9 Å². The Balaban J connectivity index is 1.77. The second-order valence-electron chi connectivity index (χ2n) is 3.54. The third kappa shape index (κ3) is 3.33. The number of nitrogens with one attached hydrogen (secondary N) is 1. The fraction of sp³-hybridized carbons (Fsp3) is 0.556. The smallest absolute Gasteiger partial charge is 0.240 e. The Hall–Kier alpha value is -1.80. The molecule has 2 aromatic heterocycles. The first kappa shape index (κ1) is 11.7. The van der Waals surface area contributed by atoms with Crippen LogP contribution in [0.1, 0.15) is 17.4 Å². The molecule has 2 heterocycles. The van der Waals surface area contributed by atoms with Gasteiger partial charge in [0.25, 0.3) is 0 Å². The van der Waals surface area contributed by atoms with Gasteiger partial charge in [0, 0.05) is 12.7 Å². The van der Waals surface area contributed by atoms with Gasteiger partial charge in [-0.25, -0.2) is 4.68 Å². The number of aryl methyl sites for hydroxylation is 1. The third-order valence-corrected chi connectivity index (χ3v) is 2.07. The molecule has 2 aromatic rings. The molecule has 0 radical (unpaired) electrons. The lowest BCUT2D eigenvalue weighted by atomic mass is 10.4. The molecule has 0 fully saturated rings. The summed E-state index contributed by atoms with van der Waals surface area (Å²) in [6, 6.07) is 0. The molecule has 0 unspecified atom stereocenters. The Kier molecular flexibility index (Phi) is 3.78.